The van der Waals surface area contributed by atoms with Crippen LogP contribution in [0.3, 0.4) is 0 Å². The van der Waals surface area contributed by atoms with Crippen molar-refractivity contribution in [3.63, 3.8) is 0 Å². The molecule has 0 spiro atoms. The van der Waals surface area contributed by atoms with Gasteiger partial charge in [-0.3, -0.25) is 23.6 Å². The molecule has 1 aromatic rings. The fraction of sp³-hybridized carbons (Fsp3) is 0.583. The van der Waals surface area contributed by atoms with Crippen LogP contribution >= 0.6 is 0 Å². The maximum absolute atomic E-state index is 12.6. The van der Waals surface area contributed by atoms with Crippen molar-refractivity contribution in [3.8, 4) is 0 Å². The zero-order valence-corrected chi connectivity index (χ0v) is 23.2. The molecule has 1 aliphatic rings. The molecular weight excluding hydrogens is 490 g/mol. The van der Waals surface area contributed by atoms with Gasteiger partial charge >= 0.3 is 6.09 Å². The smallest absolute Gasteiger partial charge is 0.410 e. The topological polar surface area (TPSA) is 134 Å². The van der Waals surface area contributed by atoms with Crippen LogP contribution in [0.2, 0.25) is 0 Å². The first kappa shape index (κ1) is 33.0. The van der Waals surface area contributed by atoms with Gasteiger partial charge in [-0.2, -0.15) is 0 Å². The predicted molar refractivity (Wildman–Crippen MR) is 139 cm³/mol. The zero-order valence-electron chi connectivity index (χ0n) is 22.4. The van der Waals surface area contributed by atoms with Crippen LogP contribution in [-0.2, 0) is 25.3 Å². The van der Waals surface area contributed by atoms with E-state index in [0.29, 0.717) is 30.0 Å². The minimum Gasteiger partial charge on any atom is -0.483 e. The summed E-state index contributed by atoms with van der Waals surface area (Å²) >= 11 is 0. The maximum atomic E-state index is 12.6. The fourth-order valence-electron chi connectivity index (χ4n) is 3.16. The first-order valence-corrected chi connectivity index (χ1v) is 13.1. The third-order valence-electron chi connectivity index (χ3n) is 4.66. The molecule has 0 saturated heterocycles. The van der Waals surface area contributed by atoms with Gasteiger partial charge in [0.25, 0.3) is 18.3 Å². The Morgan fingerprint density at radius 3 is 2.14 bits per heavy atom. The first-order valence-electron chi connectivity index (χ1n) is 11.6. The van der Waals surface area contributed by atoms with E-state index in [1.807, 2.05) is 13.8 Å². The summed E-state index contributed by atoms with van der Waals surface area (Å²) in [7, 11) is 0.122. The number of nitrogens with zero attached hydrogens (tertiary/aromatic N) is 3. The molecule has 12 heteroatoms. The second kappa shape index (κ2) is 15.9. The molecule has 3 amide bonds. The lowest BCUT2D eigenvalue weighted by atomic mass is 10.1. The summed E-state index contributed by atoms with van der Waals surface area (Å²) in [6, 6.07) is 4.83. The van der Waals surface area contributed by atoms with Crippen molar-refractivity contribution >= 4 is 41.1 Å². The van der Waals surface area contributed by atoms with Crippen LogP contribution in [-0.4, -0.2) is 95.2 Å². The number of carbonyl (C=O) groups excluding carboxylic acids is 3. The molecule has 204 valence electrons. The Kier molecular flexibility index (Phi) is 14.6. The molecule has 1 atom stereocenters. The first-order chi connectivity index (χ1) is 16.9. The van der Waals surface area contributed by atoms with Gasteiger partial charge in [-0.1, -0.05) is 13.8 Å². The van der Waals surface area contributed by atoms with E-state index in [0.717, 1.165) is 0 Å². The summed E-state index contributed by atoms with van der Waals surface area (Å²) in [6.45, 7) is 12.3. The van der Waals surface area contributed by atoms with Gasteiger partial charge in [0.05, 0.1) is 23.4 Å². The Hall–Kier alpha value is -2.99. The second-order valence-electron chi connectivity index (χ2n) is 8.18. The number of fused-ring (bicyclic) bond motifs is 1. The van der Waals surface area contributed by atoms with E-state index in [1.165, 1.54) is 16.1 Å². The Bertz CT molecular complexity index is 917. The van der Waals surface area contributed by atoms with Gasteiger partial charge in [0, 0.05) is 39.5 Å². The van der Waals surface area contributed by atoms with Gasteiger partial charge in [-0.15, -0.1) is 0 Å². The van der Waals surface area contributed by atoms with Crippen molar-refractivity contribution in [2.75, 3.05) is 50.5 Å². The molecule has 0 aromatic heterocycles. The van der Waals surface area contributed by atoms with E-state index in [9.17, 15) is 18.6 Å². The van der Waals surface area contributed by atoms with Crippen LogP contribution < -0.4 is 4.31 Å². The monoisotopic (exact) mass is 529 g/mol. The molecule has 36 heavy (non-hydrogen) atoms. The highest BCUT2D eigenvalue weighted by molar-refractivity contribution is 7.85. The van der Waals surface area contributed by atoms with Gasteiger partial charge in [-0.25, -0.2) is 9.00 Å². The maximum Gasteiger partial charge on any atom is 0.410 e. The Balaban J connectivity index is 0.00000227. The summed E-state index contributed by atoms with van der Waals surface area (Å²) in [6.07, 6.45) is 1.03. The number of hydrogen-bond acceptors (Lipinski definition) is 7. The normalized spacial score (nSPS) is 12.9. The Morgan fingerprint density at radius 2 is 1.67 bits per heavy atom. The molecule has 0 saturated carbocycles. The van der Waals surface area contributed by atoms with Gasteiger partial charge in [0.2, 0.25) is 0 Å². The van der Waals surface area contributed by atoms with E-state index in [-0.39, 0.29) is 37.9 Å². The van der Waals surface area contributed by atoms with Crippen LogP contribution in [0.4, 0.5) is 10.5 Å². The van der Waals surface area contributed by atoms with Crippen molar-refractivity contribution in [3.05, 3.63) is 29.3 Å². The molecule has 1 aromatic carbocycles. The molecule has 0 radical (unpaired) electrons. The standard InChI is InChI=1S/C21H31N3O6S.C2H6.CH2O2/c1-7-23-18(25)16-9-8-15(14-17(16)19(23)26)24(31(6)28)11-10-22(12-13-29-5)20(27)30-21(2,3)4;1-2;2-1-3/h8-9,14H,7,10-13H2,1-6H3;1-2H3;1H,(H,2,3). The summed E-state index contributed by atoms with van der Waals surface area (Å²) in [4.78, 5) is 48.4. The molecule has 1 aliphatic heterocycles. The summed E-state index contributed by atoms with van der Waals surface area (Å²) in [5.74, 6) is -0.685. The molecule has 0 bridgehead atoms. The van der Waals surface area contributed by atoms with Crippen LogP contribution in [0.1, 0.15) is 62.3 Å². The predicted octanol–water partition coefficient (Wildman–Crippen LogP) is 3.01. The molecule has 11 nitrogen and oxygen atoms in total. The number of amides is 3. The Labute approximate surface area is 215 Å². The number of hydrogen-bond donors (Lipinski definition) is 1. The summed E-state index contributed by atoms with van der Waals surface area (Å²) in [5, 5.41) is 6.89. The third-order valence-corrected chi connectivity index (χ3v) is 5.67. The van der Waals surface area contributed by atoms with Crippen molar-refractivity contribution in [2.45, 2.75) is 47.1 Å². The van der Waals surface area contributed by atoms with Gasteiger partial charge < -0.3 is 19.5 Å². The van der Waals surface area contributed by atoms with Crippen molar-refractivity contribution < 1.29 is 38.0 Å². The van der Waals surface area contributed by atoms with E-state index in [1.54, 1.807) is 57.3 Å². The van der Waals surface area contributed by atoms with E-state index in [2.05, 4.69) is 0 Å². The lowest BCUT2D eigenvalue weighted by molar-refractivity contribution is -0.122. The lowest BCUT2D eigenvalue weighted by Crippen LogP contribution is -2.43. The van der Waals surface area contributed by atoms with Gasteiger partial charge in [-0.05, 0) is 45.9 Å². The minimum atomic E-state index is -1.42. The number of carbonyl (C=O) groups is 4. The van der Waals surface area contributed by atoms with Crippen LogP contribution in [0, 0.1) is 0 Å². The largest absolute Gasteiger partial charge is 0.483 e. The zero-order chi connectivity index (χ0) is 28.1. The van der Waals surface area contributed by atoms with Gasteiger partial charge in [0.15, 0.2) is 0 Å². The highest BCUT2D eigenvalue weighted by atomic mass is 32.2. The molecule has 1 unspecified atom stereocenters. The van der Waals surface area contributed by atoms with E-state index >= 15 is 0 Å². The highest BCUT2D eigenvalue weighted by Crippen LogP contribution is 2.28. The van der Waals surface area contributed by atoms with Crippen molar-refractivity contribution in [1.82, 2.24) is 9.80 Å². The van der Waals surface area contributed by atoms with E-state index < -0.39 is 22.7 Å². The molecular formula is C24H39N3O8S. The third kappa shape index (κ3) is 9.57. The lowest BCUT2D eigenvalue weighted by Gasteiger charge is -2.29. The van der Waals surface area contributed by atoms with E-state index in [4.69, 9.17) is 19.4 Å². The quantitative estimate of drug-likeness (QED) is 0.381. The number of rotatable bonds is 9. The highest BCUT2D eigenvalue weighted by Gasteiger charge is 2.35. The van der Waals surface area contributed by atoms with Crippen LogP contribution in [0.25, 0.3) is 0 Å². The average Bonchev–Trinajstić information content (AvgIpc) is 3.05. The number of carboxylic acid groups (broad SMARTS) is 1. The molecule has 2 rings (SSSR count). The SMILES string of the molecule is CC.CCN1C(=O)c2ccc(N(CCN(CCOC)C(=O)OC(C)(C)C)S(C)=O)cc2C1=O.O=CO. The number of benzene rings is 1. The number of anilines is 1. The molecule has 0 fully saturated rings. The summed E-state index contributed by atoms with van der Waals surface area (Å²) in [5.41, 5.74) is 0.527. The van der Waals surface area contributed by atoms with Crippen molar-refractivity contribution in [1.29, 1.82) is 0 Å². The second-order valence-corrected chi connectivity index (χ2v) is 9.46. The van der Waals surface area contributed by atoms with Gasteiger partial charge in [0.1, 0.15) is 16.6 Å². The number of ether oxygens (including phenoxy) is 2. The summed E-state index contributed by atoms with van der Waals surface area (Å²) < 4.78 is 24.6. The molecule has 1 N–H and O–H groups in total. The fourth-order valence-corrected chi connectivity index (χ4v) is 3.91. The average molecular weight is 530 g/mol. The molecule has 1 heterocycles. The minimum absolute atomic E-state index is 0.239. The molecule has 0 aliphatic carbocycles. The van der Waals surface area contributed by atoms with Crippen molar-refractivity contribution in [2.24, 2.45) is 0 Å². The van der Waals surface area contributed by atoms with Crippen LogP contribution in [0.15, 0.2) is 18.2 Å². The number of imide groups is 1. The number of methoxy groups -OCH3 is 1. The Morgan fingerprint density at radius 1 is 1.11 bits per heavy atom. The van der Waals surface area contributed by atoms with Crippen LogP contribution in [0.5, 0.6) is 0 Å².